The number of nitrogens with zero attached hydrogens (tertiary/aromatic N) is 2. The van der Waals surface area contributed by atoms with E-state index in [2.05, 4.69) is 5.32 Å². The van der Waals surface area contributed by atoms with Gasteiger partial charge in [0.1, 0.15) is 5.70 Å². The third-order valence-corrected chi connectivity index (χ3v) is 4.32. The molecule has 0 saturated heterocycles. The summed E-state index contributed by atoms with van der Waals surface area (Å²) in [6, 6.07) is 12.8. The second kappa shape index (κ2) is 7.03. The summed E-state index contributed by atoms with van der Waals surface area (Å²) < 4.78 is 0. The summed E-state index contributed by atoms with van der Waals surface area (Å²) in [6.07, 6.45) is 0. The molecule has 0 radical (unpaired) electrons. The van der Waals surface area contributed by atoms with Crippen LogP contribution in [-0.2, 0) is 9.59 Å². The standard InChI is InChI=1S/C20H19N3O4/c1-12(2)22-19(24)17(14-6-10-16(11-7-14)23(26)27)18(20(22)25)21-15-8-4-13(3)5-9-15/h4-12,21H,1-3H3. The normalized spacial score (nSPS) is 14.3. The number of carbonyl (C=O) groups is 2. The Hall–Kier alpha value is -3.48. The van der Waals surface area contributed by atoms with Gasteiger partial charge in [-0.25, -0.2) is 0 Å². The highest BCUT2D eigenvalue weighted by Gasteiger charge is 2.40. The molecule has 27 heavy (non-hydrogen) atoms. The van der Waals surface area contributed by atoms with Crippen LogP contribution in [0.5, 0.6) is 0 Å². The minimum Gasteiger partial charge on any atom is -0.350 e. The summed E-state index contributed by atoms with van der Waals surface area (Å²) in [6.45, 7) is 5.48. The number of hydrogen-bond donors (Lipinski definition) is 1. The van der Waals surface area contributed by atoms with E-state index in [1.54, 1.807) is 13.8 Å². The minimum absolute atomic E-state index is 0.0788. The van der Waals surface area contributed by atoms with Crippen molar-refractivity contribution in [2.45, 2.75) is 26.8 Å². The number of anilines is 1. The molecule has 138 valence electrons. The minimum atomic E-state index is -0.508. The number of nitro groups is 1. The van der Waals surface area contributed by atoms with E-state index < -0.39 is 16.7 Å². The smallest absolute Gasteiger partial charge is 0.278 e. The van der Waals surface area contributed by atoms with Crippen molar-refractivity contribution in [2.24, 2.45) is 0 Å². The molecule has 2 aromatic carbocycles. The number of hydrogen-bond acceptors (Lipinski definition) is 5. The number of amides is 2. The number of carbonyl (C=O) groups excluding carboxylic acids is 2. The van der Waals surface area contributed by atoms with Crippen molar-refractivity contribution in [1.29, 1.82) is 0 Å². The van der Waals surface area contributed by atoms with E-state index in [0.717, 1.165) is 5.56 Å². The monoisotopic (exact) mass is 365 g/mol. The zero-order valence-corrected chi connectivity index (χ0v) is 15.2. The van der Waals surface area contributed by atoms with Crippen LogP contribution in [0, 0.1) is 17.0 Å². The van der Waals surface area contributed by atoms with Crippen LogP contribution in [0.4, 0.5) is 11.4 Å². The first-order chi connectivity index (χ1) is 12.8. The molecule has 1 aliphatic heterocycles. The number of nitrogens with one attached hydrogen (secondary N) is 1. The van der Waals surface area contributed by atoms with Crippen LogP contribution in [0.2, 0.25) is 0 Å². The van der Waals surface area contributed by atoms with Crippen LogP contribution in [0.3, 0.4) is 0 Å². The van der Waals surface area contributed by atoms with Gasteiger partial charge in [-0.2, -0.15) is 0 Å². The third-order valence-electron chi connectivity index (χ3n) is 4.32. The quantitative estimate of drug-likeness (QED) is 0.497. The molecule has 0 spiro atoms. The van der Waals surface area contributed by atoms with Gasteiger partial charge >= 0.3 is 0 Å². The van der Waals surface area contributed by atoms with Gasteiger partial charge in [-0.1, -0.05) is 17.7 Å². The van der Waals surface area contributed by atoms with E-state index in [0.29, 0.717) is 11.3 Å². The van der Waals surface area contributed by atoms with Gasteiger partial charge in [-0.3, -0.25) is 24.6 Å². The Morgan fingerprint density at radius 1 is 0.963 bits per heavy atom. The molecule has 0 aliphatic carbocycles. The Kier molecular flexibility index (Phi) is 4.77. The zero-order chi connectivity index (χ0) is 19.7. The highest BCUT2D eigenvalue weighted by atomic mass is 16.6. The van der Waals surface area contributed by atoms with Gasteiger partial charge < -0.3 is 5.32 Å². The maximum absolute atomic E-state index is 12.9. The lowest BCUT2D eigenvalue weighted by Crippen LogP contribution is -2.38. The maximum Gasteiger partial charge on any atom is 0.278 e. The summed E-state index contributed by atoms with van der Waals surface area (Å²) in [5.74, 6) is -0.831. The fourth-order valence-electron chi connectivity index (χ4n) is 2.93. The average molecular weight is 365 g/mol. The Labute approximate surface area is 156 Å². The van der Waals surface area contributed by atoms with Crippen molar-refractivity contribution < 1.29 is 14.5 Å². The summed E-state index contributed by atoms with van der Waals surface area (Å²) in [5.41, 5.74) is 2.52. The van der Waals surface area contributed by atoms with Crippen LogP contribution in [0.25, 0.3) is 5.57 Å². The Bertz CT molecular complexity index is 944. The van der Waals surface area contributed by atoms with Crippen molar-refractivity contribution >= 4 is 28.8 Å². The van der Waals surface area contributed by atoms with Gasteiger partial charge in [0.2, 0.25) is 0 Å². The molecule has 0 aromatic heterocycles. The van der Waals surface area contributed by atoms with Crippen LogP contribution < -0.4 is 5.32 Å². The van der Waals surface area contributed by atoms with Gasteiger partial charge in [0.25, 0.3) is 17.5 Å². The highest BCUT2D eigenvalue weighted by molar-refractivity contribution is 6.36. The van der Waals surface area contributed by atoms with Crippen molar-refractivity contribution in [3.05, 3.63) is 75.5 Å². The zero-order valence-electron chi connectivity index (χ0n) is 15.2. The molecule has 0 unspecified atom stereocenters. The van der Waals surface area contributed by atoms with Gasteiger partial charge in [0.05, 0.1) is 10.5 Å². The Morgan fingerprint density at radius 3 is 2.07 bits per heavy atom. The number of aryl methyl sites for hydroxylation is 1. The average Bonchev–Trinajstić information content (AvgIpc) is 2.87. The SMILES string of the molecule is Cc1ccc(NC2=C(c3ccc([N+](=O)[O-])cc3)C(=O)N(C(C)C)C2=O)cc1. The predicted molar refractivity (Wildman–Crippen MR) is 102 cm³/mol. The fourth-order valence-corrected chi connectivity index (χ4v) is 2.93. The van der Waals surface area contributed by atoms with E-state index in [4.69, 9.17) is 0 Å². The Morgan fingerprint density at radius 2 is 1.56 bits per heavy atom. The van der Waals surface area contributed by atoms with Crippen LogP contribution in [0.15, 0.2) is 54.2 Å². The summed E-state index contributed by atoms with van der Waals surface area (Å²) in [7, 11) is 0. The topological polar surface area (TPSA) is 92.6 Å². The predicted octanol–water partition coefficient (Wildman–Crippen LogP) is 3.50. The van der Waals surface area contributed by atoms with E-state index in [1.165, 1.54) is 29.2 Å². The first-order valence-electron chi connectivity index (χ1n) is 8.50. The van der Waals surface area contributed by atoms with Crippen molar-refractivity contribution in [1.82, 2.24) is 4.90 Å². The molecule has 1 aliphatic rings. The van der Waals surface area contributed by atoms with E-state index >= 15 is 0 Å². The molecule has 7 heteroatoms. The lowest BCUT2D eigenvalue weighted by atomic mass is 10.0. The van der Waals surface area contributed by atoms with Gasteiger partial charge in [-0.05, 0) is 50.6 Å². The molecular formula is C20H19N3O4. The molecule has 1 N–H and O–H groups in total. The molecule has 2 amide bonds. The lowest BCUT2D eigenvalue weighted by molar-refractivity contribution is -0.384. The number of nitro benzene ring substituents is 1. The molecule has 3 rings (SSSR count). The molecule has 0 atom stereocenters. The second-order valence-corrected chi connectivity index (χ2v) is 6.62. The van der Waals surface area contributed by atoms with Gasteiger partial charge in [-0.15, -0.1) is 0 Å². The highest BCUT2D eigenvalue weighted by Crippen LogP contribution is 2.32. The van der Waals surface area contributed by atoms with E-state index in [1.807, 2.05) is 31.2 Å². The fraction of sp³-hybridized carbons (Fsp3) is 0.200. The summed E-state index contributed by atoms with van der Waals surface area (Å²) >= 11 is 0. The molecule has 0 bridgehead atoms. The number of benzene rings is 2. The van der Waals surface area contributed by atoms with E-state index in [-0.39, 0.29) is 23.0 Å². The number of rotatable bonds is 5. The maximum atomic E-state index is 12.9. The van der Waals surface area contributed by atoms with Crippen molar-refractivity contribution in [2.75, 3.05) is 5.32 Å². The van der Waals surface area contributed by atoms with Gasteiger partial charge in [0.15, 0.2) is 0 Å². The van der Waals surface area contributed by atoms with Gasteiger partial charge in [0, 0.05) is 23.9 Å². The van der Waals surface area contributed by atoms with Crippen LogP contribution in [0.1, 0.15) is 25.0 Å². The Balaban J connectivity index is 2.08. The van der Waals surface area contributed by atoms with Crippen molar-refractivity contribution in [3.8, 4) is 0 Å². The first-order valence-corrected chi connectivity index (χ1v) is 8.50. The molecule has 0 saturated carbocycles. The molecule has 0 fully saturated rings. The lowest BCUT2D eigenvalue weighted by Gasteiger charge is -2.19. The third kappa shape index (κ3) is 3.44. The van der Waals surface area contributed by atoms with Crippen LogP contribution >= 0.6 is 0 Å². The van der Waals surface area contributed by atoms with Crippen molar-refractivity contribution in [3.63, 3.8) is 0 Å². The molecule has 2 aromatic rings. The summed E-state index contributed by atoms with van der Waals surface area (Å²) in [5, 5.41) is 13.9. The molecular weight excluding hydrogens is 346 g/mol. The molecule has 7 nitrogen and oxygen atoms in total. The number of non-ortho nitro benzene ring substituents is 1. The number of imide groups is 1. The van der Waals surface area contributed by atoms with Crippen LogP contribution in [-0.4, -0.2) is 27.7 Å². The summed E-state index contributed by atoms with van der Waals surface area (Å²) in [4.78, 5) is 37.3. The molecule has 1 heterocycles. The second-order valence-electron chi connectivity index (χ2n) is 6.62. The van der Waals surface area contributed by atoms with E-state index in [9.17, 15) is 19.7 Å². The largest absolute Gasteiger partial charge is 0.350 e. The first kappa shape index (κ1) is 18.3.